The highest BCUT2D eigenvalue weighted by molar-refractivity contribution is 5.69. The molecular formula is C13H27NO2. The summed E-state index contributed by atoms with van der Waals surface area (Å²) in [5.41, 5.74) is 5.37. The van der Waals surface area contributed by atoms with Gasteiger partial charge in [-0.2, -0.15) is 0 Å². The Kier molecular flexibility index (Phi) is 9.30. The maximum absolute atomic E-state index is 11.3. The molecule has 0 radical (unpaired) electrons. The van der Waals surface area contributed by atoms with Crippen LogP contribution >= 0.6 is 0 Å². The van der Waals surface area contributed by atoms with Gasteiger partial charge >= 0.3 is 5.97 Å². The summed E-state index contributed by atoms with van der Waals surface area (Å²) in [5.74, 6) is 1.07. The average molecular weight is 229 g/mol. The van der Waals surface area contributed by atoms with Crippen LogP contribution in [0, 0.1) is 11.8 Å². The number of rotatable bonds is 9. The summed E-state index contributed by atoms with van der Waals surface area (Å²) in [7, 11) is 0. The van der Waals surface area contributed by atoms with Crippen LogP contribution in [0.3, 0.4) is 0 Å². The van der Waals surface area contributed by atoms with Crippen LogP contribution in [0.15, 0.2) is 0 Å². The van der Waals surface area contributed by atoms with Crippen molar-refractivity contribution in [1.82, 2.24) is 0 Å². The van der Waals surface area contributed by atoms with E-state index in [4.69, 9.17) is 10.5 Å². The van der Waals surface area contributed by atoms with Crippen LogP contribution in [-0.4, -0.2) is 19.1 Å². The fraction of sp³-hybridized carbons (Fsp3) is 0.923. The Morgan fingerprint density at radius 3 is 2.44 bits per heavy atom. The Balaban J connectivity index is 3.42. The number of carbonyl (C=O) groups is 1. The van der Waals surface area contributed by atoms with Crippen molar-refractivity contribution in [3.05, 3.63) is 0 Å². The lowest BCUT2D eigenvalue weighted by Gasteiger charge is -2.14. The van der Waals surface area contributed by atoms with E-state index in [2.05, 4.69) is 20.8 Å². The Hall–Kier alpha value is -0.570. The van der Waals surface area contributed by atoms with E-state index in [1.807, 2.05) is 0 Å². The van der Waals surface area contributed by atoms with Gasteiger partial charge in [-0.15, -0.1) is 0 Å². The molecule has 3 nitrogen and oxygen atoms in total. The summed E-state index contributed by atoms with van der Waals surface area (Å²) in [6, 6.07) is 0. The normalized spacial score (nSPS) is 12.8. The summed E-state index contributed by atoms with van der Waals surface area (Å²) in [4.78, 5) is 11.3. The summed E-state index contributed by atoms with van der Waals surface area (Å²) < 4.78 is 5.21. The third kappa shape index (κ3) is 9.97. The largest absolute Gasteiger partial charge is 0.465 e. The van der Waals surface area contributed by atoms with Crippen LogP contribution in [-0.2, 0) is 9.53 Å². The summed E-state index contributed by atoms with van der Waals surface area (Å²) in [6.07, 6.45) is 4.56. The molecule has 2 N–H and O–H groups in total. The van der Waals surface area contributed by atoms with Crippen LogP contribution in [0.2, 0.25) is 0 Å². The van der Waals surface area contributed by atoms with E-state index in [9.17, 15) is 4.79 Å². The Morgan fingerprint density at radius 2 is 1.88 bits per heavy atom. The second kappa shape index (κ2) is 9.64. The van der Waals surface area contributed by atoms with Crippen molar-refractivity contribution in [2.45, 2.75) is 52.9 Å². The first-order valence-electron chi connectivity index (χ1n) is 6.42. The first-order valence-corrected chi connectivity index (χ1v) is 6.42. The van der Waals surface area contributed by atoms with Gasteiger partial charge in [0.15, 0.2) is 0 Å². The molecule has 96 valence electrons. The molecule has 0 heterocycles. The van der Waals surface area contributed by atoms with Crippen molar-refractivity contribution in [3.63, 3.8) is 0 Å². The lowest BCUT2D eigenvalue weighted by atomic mass is 10.00. The zero-order chi connectivity index (χ0) is 12.4. The van der Waals surface area contributed by atoms with E-state index >= 15 is 0 Å². The monoisotopic (exact) mass is 229 g/mol. The predicted octanol–water partition coefficient (Wildman–Crippen LogP) is 2.73. The van der Waals surface area contributed by atoms with Crippen molar-refractivity contribution >= 4 is 5.97 Å². The van der Waals surface area contributed by atoms with Gasteiger partial charge in [-0.05, 0) is 37.6 Å². The molecule has 0 saturated heterocycles. The molecular weight excluding hydrogens is 202 g/mol. The molecule has 3 heteroatoms. The standard InChI is InChI=1S/C13H27NO2/c1-11(2)9-12(3)10-16-13(15)7-5-4-6-8-14/h11-12H,4-10,14H2,1-3H3. The van der Waals surface area contributed by atoms with Gasteiger partial charge in [0.1, 0.15) is 0 Å². The van der Waals surface area contributed by atoms with Gasteiger partial charge in [0, 0.05) is 6.42 Å². The lowest BCUT2D eigenvalue weighted by molar-refractivity contribution is -0.145. The van der Waals surface area contributed by atoms with E-state index in [0.717, 1.165) is 25.7 Å². The maximum atomic E-state index is 11.3. The highest BCUT2D eigenvalue weighted by Crippen LogP contribution is 2.11. The first kappa shape index (κ1) is 15.4. The van der Waals surface area contributed by atoms with Gasteiger partial charge in [-0.1, -0.05) is 27.2 Å². The van der Waals surface area contributed by atoms with Crippen molar-refractivity contribution in [3.8, 4) is 0 Å². The number of esters is 1. The summed E-state index contributed by atoms with van der Waals surface area (Å²) in [5, 5.41) is 0. The molecule has 0 aliphatic heterocycles. The number of hydrogen-bond acceptors (Lipinski definition) is 3. The van der Waals surface area contributed by atoms with Crippen LogP contribution in [0.5, 0.6) is 0 Å². The molecule has 16 heavy (non-hydrogen) atoms. The van der Waals surface area contributed by atoms with E-state index in [-0.39, 0.29) is 5.97 Å². The van der Waals surface area contributed by atoms with Crippen LogP contribution in [0.4, 0.5) is 0 Å². The molecule has 0 saturated carbocycles. The van der Waals surface area contributed by atoms with Crippen molar-refractivity contribution in [2.24, 2.45) is 17.6 Å². The minimum absolute atomic E-state index is 0.0624. The molecule has 0 aliphatic carbocycles. The summed E-state index contributed by atoms with van der Waals surface area (Å²) >= 11 is 0. The molecule has 0 spiro atoms. The topological polar surface area (TPSA) is 52.3 Å². The minimum Gasteiger partial charge on any atom is -0.465 e. The second-order valence-electron chi connectivity index (χ2n) is 5.02. The van der Waals surface area contributed by atoms with Crippen molar-refractivity contribution in [2.75, 3.05) is 13.2 Å². The van der Waals surface area contributed by atoms with Gasteiger partial charge in [0.25, 0.3) is 0 Å². The van der Waals surface area contributed by atoms with Gasteiger partial charge in [-0.25, -0.2) is 0 Å². The first-order chi connectivity index (χ1) is 7.56. The van der Waals surface area contributed by atoms with E-state index in [1.165, 1.54) is 0 Å². The second-order valence-corrected chi connectivity index (χ2v) is 5.02. The van der Waals surface area contributed by atoms with Gasteiger partial charge in [-0.3, -0.25) is 4.79 Å². The highest BCUT2D eigenvalue weighted by atomic mass is 16.5. The third-order valence-corrected chi connectivity index (χ3v) is 2.49. The van der Waals surface area contributed by atoms with E-state index in [1.54, 1.807) is 0 Å². The highest BCUT2D eigenvalue weighted by Gasteiger charge is 2.08. The van der Waals surface area contributed by atoms with E-state index in [0.29, 0.717) is 31.4 Å². The zero-order valence-electron chi connectivity index (χ0n) is 11.0. The smallest absolute Gasteiger partial charge is 0.305 e. The average Bonchev–Trinajstić information content (AvgIpc) is 2.20. The molecule has 0 fully saturated rings. The third-order valence-electron chi connectivity index (χ3n) is 2.49. The molecule has 1 unspecified atom stereocenters. The lowest BCUT2D eigenvalue weighted by Crippen LogP contribution is -2.13. The van der Waals surface area contributed by atoms with Gasteiger partial charge in [0.2, 0.25) is 0 Å². The number of nitrogens with two attached hydrogens (primary N) is 1. The van der Waals surface area contributed by atoms with Crippen LogP contribution < -0.4 is 5.73 Å². The molecule has 0 amide bonds. The fourth-order valence-corrected chi connectivity index (χ4v) is 1.77. The summed E-state index contributed by atoms with van der Waals surface area (Å²) in [6.45, 7) is 7.77. The van der Waals surface area contributed by atoms with Crippen LogP contribution in [0.1, 0.15) is 52.9 Å². The fourth-order valence-electron chi connectivity index (χ4n) is 1.77. The van der Waals surface area contributed by atoms with Gasteiger partial charge in [0.05, 0.1) is 6.61 Å². The quantitative estimate of drug-likeness (QED) is 0.488. The molecule has 0 bridgehead atoms. The number of ether oxygens (including phenoxy) is 1. The molecule has 0 aromatic carbocycles. The van der Waals surface area contributed by atoms with E-state index < -0.39 is 0 Å². The predicted molar refractivity (Wildman–Crippen MR) is 67.1 cm³/mol. The molecule has 0 rings (SSSR count). The zero-order valence-corrected chi connectivity index (χ0v) is 11.0. The number of hydrogen-bond donors (Lipinski definition) is 1. The Morgan fingerprint density at radius 1 is 1.19 bits per heavy atom. The molecule has 0 aromatic heterocycles. The number of unbranched alkanes of at least 4 members (excludes halogenated alkanes) is 2. The van der Waals surface area contributed by atoms with Gasteiger partial charge < -0.3 is 10.5 Å². The molecule has 0 aliphatic rings. The molecule has 1 atom stereocenters. The Labute approximate surface area is 99.7 Å². The Bertz CT molecular complexity index is 181. The SMILES string of the molecule is CC(C)CC(C)COC(=O)CCCCCN. The van der Waals surface area contributed by atoms with Crippen LogP contribution in [0.25, 0.3) is 0 Å². The maximum Gasteiger partial charge on any atom is 0.305 e. The molecule has 0 aromatic rings. The van der Waals surface area contributed by atoms with Crippen molar-refractivity contribution in [1.29, 1.82) is 0 Å². The minimum atomic E-state index is -0.0624. The van der Waals surface area contributed by atoms with Crippen molar-refractivity contribution < 1.29 is 9.53 Å². The number of carbonyl (C=O) groups excluding carboxylic acids is 1.